The van der Waals surface area contributed by atoms with Gasteiger partial charge >= 0.3 is 6.03 Å². The summed E-state index contributed by atoms with van der Waals surface area (Å²) in [6.07, 6.45) is 1.82. The second-order valence-electron chi connectivity index (χ2n) is 6.65. The lowest BCUT2D eigenvalue weighted by atomic mass is 10.2. The molecule has 2 N–H and O–H groups in total. The Morgan fingerprint density at radius 1 is 1.07 bits per heavy atom. The molecule has 0 atom stereocenters. The van der Waals surface area contributed by atoms with Crippen molar-refractivity contribution in [1.29, 1.82) is 0 Å². The van der Waals surface area contributed by atoms with Gasteiger partial charge in [-0.25, -0.2) is 13.2 Å². The zero-order valence-corrected chi connectivity index (χ0v) is 16.7. The molecule has 1 aromatic rings. The predicted octanol–water partition coefficient (Wildman–Crippen LogP) is 0.927. The highest BCUT2D eigenvalue weighted by Gasteiger charge is 2.29. The summed E-state index contributed by atoms with van der Waals surface area (Å²) in [5.74, 6) is -0.390. The molecule has 1 aromatic carbocycles. The minimum absolute atomic E-state index is 0.0691. The summed E-state index contributed by atoms with van der Waals surface area (Å²) < 4.78 is 26.8. The first kappa shape index (κ1) is 21.3. The second-order valence-corrected chi connectivity index (χ2v) is 8.59. The molecule has 1 fully saturated rings. The fourth-order valence-electron chi connectivity index (χ4n) is 2.78. The van der Waals surface area contributed by atoms with Crippen LogP contribution in [0.25, 0.3) is 0 Å². The van der Waals surface area contributed by atoms with Crippen molar-refractivity contribution in [3.8, 4) is 0 Å². The van der Waals surface area contributed by atoms with E-state index in [0.717, 1.165) is 18.4 Å². The lowest BCUT2D eigenvalue weighted by Gasteiger charge is -2.33. The van der Waals surface area contributed by atoms with Crippen molar-refractivity contribution in [2.24, 2.45) is 0 Å². The molecule has 8 nitrogen and oxygen atoms in total. The predicted molar refractivity (Wildman–Crippen MR) is 103 cm³/mol. The van der Waals surface area contributed by atoms with Crippen molar-refractivity contribution in [3.05, 3.63) is 29.8 Å². The van der Waals surface area contributed by atoms with E-state index in [4.69, 9.17) is 0 Å². The maximum Gasteiger partial charge on any atom is 0.321 e. The monoisotopic (exact) mass is 396 g/mol. The normalized spacial score (nSPS) is 16.1. The van der Waals surface area contributed by atoms with Gasteiger partial charge in [0.05, 0.1) is 11.4 Å². The quantitative estimate of drug-likeness (QED) is 0.668. The lowest BCUT2D eigenvalue weighted by Crippen LogP contribution is -2.52. The average molecular weight is 397 g/mol. The van der Waals surface area contributed by atoms with Crippen LogP contribution in [0.4, 0.5) is 4.79 Å². The number of benzene rings is 1. The SMILES string of the molecule is CCCCNC(=O)NC(=O)CN1CCN(S(=O)(=O)c2ccc(C)cc2)CC1. The van der Waals surface area contributed by atoms with E-state index in [-0.39, 0.29) is 17.3 Å². The fraction of sp³-hybridized carbons (Fsp3) is 0.556. The highest BCUT2D eigenvalue weighted by molar-refractivity contribution is 7.89. The Bertz CT molecular complexity index is 741. The molecular weight excluding hydrogens is 368 g/mol. The molecule has 27 heavy (non-hydrogen) atoms. The molecule has 0 aromatic heterocycles. The number of carbonyl (C=O) groups is 2. The number of nitrogens with zero attached hydrogens (tertiary/aromatic N) is 2. The van der Waals surface area contributed by atoms with Crippen LogP contribution >= 0.6 is 0 Å². The van der Waals surface area contributed by atoms with E-state index in [1.54, 1.807) is 24.3 Å². The molecule has 0 saturated carbocycles. The van der Waals surface area contributed by atoms with Crippen molar-refractivity contribution >= 4 is 22.0 Å². The largest absolute Gasteiger partial charge is 0.338 e. The van der Waals surface area contributed by atoms with Gasteiger partial charge in [0.2, 0.25) is 15.9 Å². The fourth-order valence-corrected chi connectivity index (χ4v) is 4.20. The van der Waals surface area contributed by atoms with Crippen LogP contribution in [0.5, 0.6) is 0 Å². The molecule has 1 aliphatic heterocycles. The van der Waals surface area contributed by atoms with E-state index in [0.29, 0.717) is 32.7 Å². The minimum atomic E-state index is -3.52. The van der Waals surface area contributed by atoms with Crippen molar-refractivity contribution in [2.45, 2.75) is 31.6 Å². The van der Waals surface area contributed by atoms with Crippen LogP contribution in [0.2, 0.25) is 0 Å². The number of hydrogen-bond acceptors (Lipinski definition) is 5. The molecule has 1 aliphatic rings. The van der Waals surface area contributed by atoms with Crippen molar-refractivity contribution in [1.82, 2.24) is 19.8 Å². The number of unbranched alkanes of at least 4 members (excludes halogenated alkanes) is 1. The third-order valence-electron chi connectivity index (χ3n) is 4.43. The first-order chi connectivity index (χ1) is 12.8. The van der Waals surface area contributed by atoms with Crippen molar-refractivity contribution in [2.75, 3.05) is 39.3 Å². The van der Waals surface area contributed by atoms with Crippen LogP contribution in [-0.4, -0.2) is 68.8 Å². The van der Waals surface area contributed by atoms with Gasteiger partial charge in [0, 0.05) is 32.7 Å². The number of amides is 3. The number of piperazine rings is 1. The zero-order chi connectivity index (χ0) is 19.9. The van der Waals surface area contributed by atoms with Gasteiger partial charge in [0.25, 0.3) is 0 Å². The number of aryl methyl sites for hydroxylation is 1. The highest BCUT2D eigenvalue weighted by Crippen LogP contribution is 2.18. The molecular formula is C18H28N4O4S. The molecule has 9 heteroatoms. The maximum absolute atomic E-state index is 12.7. The minimum Gasteiger partial charge on any atom is -0.338 e. The van der Waals surface area contributed by atoms with Gasteiger partial charge in [-0.15, -0.1) is 0 Å². The summed E-state index contributed by atoms with van der Waals surface area (Å²) in [5, 5.41) is 4.92. The number of rotatable bonds is 7. The molecule has 1 saturated heterocycles. The molecule has 0 unspecified atom stereocenters. The van der Waals surface area contributed by atoms with Crippen molar-refractivity contribution < 1.29 is 18.0 Å². The Morgan fingerprint density at radius 3 is 2.30 bits per heavy atom. The number of urea groups is 1. The van der Waals surface area contributed by atoms with Gasteiger partial charge < -0.3 is 5.32 Å². The Kier molecular flexibility index (Phi) is 7.76. The Morgan fingerprint density at radius 2 is 1.70 bits per heavy atom. The molecule has 2 rings (SSSR count). The summed E-state index contributed by atoms with van der Waals surface area (Å²) in [6.45, 7) is 6.03. The topological polar surface area (TPSA) is 98.8 Å². The van der Waals surface area contributed by atoms with Crippen molar-refractivity contribution in [3.63, 3.8) is 0 Å². The first-order valence-electron chi connectivity index (χ1n) is 9.19. The van der Waals surface area contributed by atoms with Crippen LogP contribution in [0.15, 0.2) is 29.2 Å². The molecule has 0 aliphatic carbocycles. The third kappa shape index (κ3) is 6.30. The molecule has 1 heterocycles. The smallest absolute Gasteiger partial charge is 0.321 e. The molecule has 0 radical (unpaired) electrons. The Balaban J connectivity index is 1.80. The van der Waals surface area contributed by atoms with E-state index >= 15 is 0 Å². The van der Waals surface area contributed by atoms with Crippen LogP contribution in [0.3, 0.4) is 0 Å². The van der Waals surface area contributed by atoms with Gasteiger partial charge in [-0.1, -0.05) is 31.0 Å². The second kappa shape index (κ2) is 9.82. The third-order valence-corrected chi connectivity index (χ3v) is 6.34. The number of sulfonamides is 1. The van der Waals surface area contributed by atoms with Crippen LogP contribution in [-0.2, 0) is 14.8 Å². The van der Waals surface area contributed by atoms with E-state index < -0.39 is 16.1 Å². The van der Waals surface area contributed by atoms with Gasteiger partial charge in [0.1, 0.15) is 0 Å². The number of nitrogens with one attached hydrogen (secondary N) is 2. The summed E-state index contributed by atoms with van der Waals surface area (Å²) in [4.78, 5) is 25.6. The van der Waals surface area contributed by atoms with Gasteiger partial charge in [0.15, 0.2) is 0 Å². The summed E-state index contributed by atoms with van der Waals surface area (Å²) >= 11 is 0. The van der Waals surface area contributed by atoms with E-state index in [9.17, 15) is 18.0 Å². The van der Waals surface area contributed by atoms with Gasteiger partial charge in [-0.3, -0.25) is 15.0 Å². The van der Waals surface area contributed by atoms with Crippen LogP contribution in [0.1, 0.15) is 25.3 Å². The highest BCUT2D eigenvalue weighted by atomic mass is 32.2. The molecule has 150 valence electrons. The number of imide groups is 1. The average Bonchev–Trinajstić information content (AvgIpc) is 2.62. The molecule has 0 spiro atoms. The summed E-state index contributed by atoms with van der Waals surface area (Å²) in [5.41, 5.74) is 1.00. The lowest BCUT2D eigenvalue weighted by molar-refractivity contribution is -0.121. The summed E-state index contributed by atoms with van der Waals surface area (Å²) in [6, 6.07) is 6.29. The van der Waals surface area contributed by atoms with E-state index in [1.807, 2.05) is 18.7 Å². The van der Waals surface area contributed by atoms with Gasteiger partial charge in [-0.2, -0.15) is 4.31 Å². The number of hydrogen-bond donors (Lipinski definition) is 2. The van der Waals surface area contributed by atoms with E-state index in [1.165, 1.54) is 4.31 Å². The van der Waals surface area contributed by atoms with E-state index in [2.05, 4.69) is 10.6 Å². The summed E-state index contributed by atoms with van der Waals surface area (Å²) in [7, 11) is -3.52. The Hall–Kier alpha value is -1.97. The van der Waals surface area contributed by atoms with Crippen LogP contribution < -0.4 is 10.6 Å². The standard InChI is InChI=1S/C18H28N4O4S/c1-3-4-9-19-18(24)20-17(23)14-21-10-12-22(13-11-21)27(25,26)16-7-5-15(2)6-8-16/h5-8H,3-4,9-14H2,1-2H3,(H2,19,20,23,24). The van der Waals surface area contributed by atoms with Gasteiger partial charge in [-0.05, 0) is 25.5 Å². The zero-order valence-electron chi connectivity index (χ0n) is 15.9. The number of carbonyl (C=O) groups excluding carboxylic acids is 2. The first-order valence-corrected chi connectivity index (χ1v) is 10.6. The molecule has 0 bridgehead atoms. The maximum atomic E-state index is 12.7. The van der Waals surface area contributed by atoms with Crippen LogP contribution in [0, 0.1) is 6.92 Å². The Labute approximate surface area is 161 Å². The molecule has 3 amide bonds.